The van der Waals surface area contributed by atoms with Crippen LogP contribution >= 0.6 is 23.2 Å². The molecule has 4 rings (SSSR count). The number of aliphatic carboxylic acids is 1. The number of carboxylic acids is 1. The summed E-state index contributed by atoms with van der Waals surface area (Å²) in [6, 6.07) is 7.93. The number of nitrogens with zero attached hydrogens (tertiary/aromatic N) is 3. The van der Waals surface area contributed by atoms with E-state index in [9.17, 15) is 23.9 Å². The summed E-state index contributed by atoms with van der Waals surface area (Å²) in [5, 5.41) is 9.89. The maximum absolute atomic E-state index is 14.3. The fourth-order valence-electron chi connectivity index (χ4n) is 4.18. The number of anilines is 1. The summed E-state index contributed by atoms with van der Waals surface area (Å²) in [5.41, 5.74) is -0.830. The molecule has 3 amide bonds. The maximum atomic E-state index is 14.3. The molecule has 1 atom stereocenters. The highest BCUT2D eigenvalue weighted by Gasteiger charge is 2.63. The Morgan fingerprint density at radius 2 is 1.77 bits per heavy atom. The van der Waals surface area contributed by atoms with E-state index in [0.717, 1.165) is 4.90 Å². The van der Waals surface area contributed by atoms with Gasteiger partial charge in [-0.15, -0.1) is 0 Å². The molecule has 2 aliphatic rings. The largest absolute Gasteiger partial charge is 0.480 e. The number of fused-ring (bicyclic) bond motifs is 2. The highest BCUT2D eigenvalue weighted by atomic mass is 35.5. The first-order chi connectivity index (χ1) is 14.6. The molecule has 2 aliphatic heterocycles. The number of carbonyl (C=O) groups excluding carboxylic acids is 2. The maximum Gasteiger partial charge on any atom is 0.325 e. The topological polar surface area (TPSA) is 81.2 Å². The smallest absolute Gasteiger partial charge is 0.325 e. The van der Waals surface area contributed by atoms with Gasteiger partial charge in [0.25, 0.3) is 5.91 Å². The van der Waals surface area contributed by atoms with Crippen molar-refractivity contribution in [3.05, 3.63) is 75.7 Å². The first-order valence-electron chi connectivity index (χ1n) is 9.11. The molecular formula is C21H16Cl2FN3O4. The predicted octanol–water partition coefficient (Wildman–Crippen LogP) is 3.84. The first kappa shape index (κ1) is 21.1. The Kier molecular flexibility index (Phi) is 4.94. The third kappa shape index (κ3) is 2.97. The Balaban J connectivity index is 1.85. The van der Waals surface area contributed by atoms with Crippen molar-refractivity contribution in [2.75, 3.05) is 18.5 Å². The molecule has 160 valence electrons. The number of likely N-dealkylation sites (N-methyl/N-ethyl adjacent to an activating group) is 1. The summed E-state index contributed by atoms with van der Waals surface area (Å²) in [7, 11) is 1.41. The average Bonchev–Trinajstić information content (AvgIpc) is 3.05. The van der Waals surface area contributed by atoms with Crippen LogP contribution in [0.1, 0.15) is 11.1 Å². The van der Waals surface area contributed by atoms with E-state index in [-0.39, 0.29) is 17.8 Å². The van der Waals surface area contributed by atoms with E-state index in [1.54, 1.807) is 0 Å². The average molecular weight is 464 g/mol. The number of benzene rings is 2. The Hall–Kier alpha value is -3.10. The van der Waals surface area contributed by atoms with E-state index in [0.29, 0.717) is 21.3 Å². The highest BCUT2D eigenvalue weighted by Crippen LogP contribution is 2.53. The molecule has 0 aliphatic carbocycles. The zero-order valence-corrected chi connectivity index (χ0v) is 17.7. The zero-order chi connectivity index (χ0) is 22.7. The Labute approximate surface area is 186 Å². The molecule has 7 nitrogen and oxygen atoms in total. The van der Waals surface area contributed by atoms with Gasteiger partial charge in [-0.05, 0) is 36.4 Å². The van der Waals surface area contributed by atoms with E-state index >= 15 is 0 Å². The van der Waals surface area contributed by atoms with Crippen molar-refractivity contribution in [2.45, 2.75) is 12.1 Å². The van der Waals surface area contributed by atoms with Crippen LogP contribution < -0.4 is 4.90 Å². The predicted molar refractivity (Wildman–Crippen MR) is 112 cm³/mol. The Morgan fingerprint density at radius 1 is 1.13 bits per heavy atom. The third-order valence-electron chi connectivity index (χ3n) is 5.59. The number of amides is 3. The van der Waals surface area contributed by atoms with Crippen molar-refractivity contribution in [1.29, 1.82) is 0 Å². The molecule has 0 bridgehead atoms. The number of hydrogen-bond donors (Lipinski definition) is 1. The van der Waals surface area contributed by atoms with Crippen LogP contribution in [0.4, 0.5) is 14.9 Å². The van der Waals surface area contributed by atoms with Crippen molar-refractivity contribution in [3.63, 3.8) is 0 Å². The van der Waals surface area contributed by atoms with Crippen LogP contribution in [-0.4, -0.2) is 46.4 Å². The zero-order valence-electron chi connectivity index (χ0n) is 16.2. The molecule has 2 aromatic rings. The van der Waals surface area contributed by atoms with Gasteiger partial charge in [-0.1, -0.05) is 29.8 Å². The molecular weight excluding hydrogens is 448 g/mol. The minimum atomic E-state index is -1.69. The summed E-state index contributed by atoms with van der Waals surface area (Å²) in [4.78, 5) is 41.6. The molecule has 0 unspecified atom stereocenters. The van der Waals surface area contributed by atoms with E-state index in [2.05, 4.69) is 6.58 Å². The standard InChI is InChI=1S/C21H16Cl2FN3O4/c1-11-21(15-8-14(23)4-6-17(15)27(19(21)30)10-18(28)29)25(2)20(31)26(11)9-12-7-13(22)3-5-16(12)24/h3-8H,1,9-10H2,2H3,(H,28,29)/t21-/m0/s1. The third-order valence-corrected chi connectivity index (χ3v) is 6.06. The number of urea groups is 1. The van der Waals surface area contributed by atoms with Gasteiger partial charge < -0.3 is 10.0 Å². The SMILES string of the molecule is C=C1N(Cc2cc(Cl)ccc2F)C(=O)N(C)[C@@]12C(=O)N(CC(=O)O)c1ccc(Cl)cc12. The lowest BCUT2D eigenvalue weighted by atomic mass is 9.88. The monoisotopic (exact) mass is 463 g/mol. The number of hydrogen-bond acceptors (Lipinski definition) is 3. The molecule has 0 saturated carbocycles. The van der Waals surface area contributed by atoms with Crippen molar-refractivity contribution >= 4 is 46.8 Å². The van der Waals surface area contributed by atoms with Crippen molar-refractivity contribution < 1.29 is 23.9 Å². The molecule has 1 fully saturated rings. The lowest BCUT2D eigenvalue weighted by Crippen LogP contribution is -2.50. The lowest BCUT2D eigenvalue weighted by molar-refractivity contribution is -0.137. The van der Waals surface area contributed by atoms with Crippen LogP contribution in [0.5, 0.6) is 0 Å². The van der Waals surface area contributed by atoms with E-state index in [1.807, 2.05) is 0 Å². The van der Waals surface area contributed by atoms with Gasteiger partial charge in [0.1, 0.15) is 12.4 Å². The fourth-order valence-corrected chi connectivity index (χ4v) is 4.54. The molecule has 0 radical (unpaired) electrons. The van der Waals surface area contributed by atoms with E-state index < -0.39 is 35.8 Å². The normalized spacial score (nSPS) is 20.3. The number of carbonyl (C=O) groups is 3. The van der Waals surface area contributed by atoms with Gasteiger partial charge in [-0.2, -0.15) is 0 Å². The molecule has 2 aromatic carbocycles. The van der Waals surface area contributed by atoms with Crippen LogP contribution in [0.3, 0.4) is 0 Å². The molecule has 1 saturated heterocycles. The highest BCUT2D eigenvalue weighted by molar-refractivity contribution is 6.31. The van der Waals surface area contributed by atoms with Gasteiger partial charge in [0.05, 0.1) is 17.9 Å². The Morgan fingerprint density at radius 3 is 2.45 bits per heavy atom. The summed E-state index contributed by atoms with van der Waals surface area (Å²) in [6.07, 6.45) is 0. The second-order valence-corrected chi connectivity index (χ2v) is 8.14. The molecule has 2 heterocycles. The second kappa shape index (κ2) is 7.25. The summed E-state index contributed by atoms with van der Waals surface area (Å²) >= 11 is 12.1. The lowest BCUT2D eigenvalue weighted by Gasteiger charge is -2.30. The number of carboxylic acid groups (broad SMARTS) is 1. The van der Waals surface area contributed by atoms with E-state index in [4.69, 9.17) is 23.2 Å². The number of halogens is 3. The molecule has 31 heavy (non-hydrogen) atoms. The van der Waals surface area contributed by atoms with Gasteiger partial charge in [-0.25, -0.2) is 9.18 Å². The van der Waals surface area contributed by atoms with Crippen molar-refractivity contribution in [3.8, 4) is 0 Å². The van der Waals surface area contributed by atoms with Crippen LogP contribution in [0.2, 0.25) is 10.0 Å². The van der Waals surface area contributed by atoms with Crippen LogP contribution in [0.25, 0.3) is 0 Å². The summed E-state index contributed by atoms with van der Waals surface area (Å²) in [5.74, 6) is -2.44. The van der Waals surface area contributed by atoms with Gasteiger partial charge in [0, 0.05) is 28.2 Å². The van der Waals surface area contributed by atoms with Crippen molar-refractivity contribution in [2.24, 2.45) is 0 Å². The van der Waals surface area contributed by atoms with E-state index in [1.165, 1.54) is 53.2 Å². The molecule has 1 spiro atoms. The molecule has 0 aromatic heterocycles. The van der Waals surface area contributed by atoms with Gasteiger partial charge >= 0.3 is 12.0 Å². The van der Waals surface area contributed by atoms with Crippen LogP contribution in [-0.2, 0) is 21.7 Å². The van der Waals surface area contributed by atoms with Gasteiger partial charge in [0.15, 0.2) is 5.54 Å². The first-order valence-corrected chi connectivity index (χ1v) is 9.87. The quantitative estimate of drug-likeness (QED) is 0.746. The number of rotatable bonds is 4. The minimum Gasteiger partial charge on any atom is -0.480 e. The van der Waals surface area contributed by atoms with Gasteiger partial charge in [0.2, 0.25) is 0 Å². The minimum absolute atomic E-state index is 0.0702. The Bertz CT molecular complexity index is 1170. The molecule has 1 N–H and O–H groups in total. The van der Waals surface area contributed by atoms with Crippen molar-refractivity contribution in [1.82, 2.24) is 9.80 Å². The fraction of sp³-hybridized carbons (Fsp3) is 0.190. The van der Waals surface area contributed by atoms with Gasteiger partial charge in [-0.3, -0.25) is 19.4 Å². The second-order valence-electron chi connectivity index (χ2n) is 7.27. The molecule has 10 heteroatoms. The van der Waals surface area contributed by atoms with Crippen LogP contribution in [0.15, 0.2) is 48.7 Å². The summed E-state index contributed by atoms with van der Waals surface area (Å²) in [6.45, 7) is 3.17. The van der Waals surface area contributed by atoms with Crippen LogP contribution in [0, 0.1) is 5.82 Å². The summed E-state index contributed by atoms with van der Waals surface area (Å²) < 4.78 is 14.3.